The number of benzene rings is 1. The number of rotatable bonds is 7. The molecular formula is C15H21N3O2. The summed E-state index contributed by atoms with van der Waals surface area (Å²) in [5.41, 5.74) is 6.74. The molecule has 0 radical (unpaired) electrons. The van der Waals surface area contributed by atoms with Gasteiger partial charge in [0.1, 0.15) is 0 Å². The van der Waals surface area contributed by atoms with Crippen molar-refractivity contribution < 1.29 is 9.59 Å². The van der Waals surface area contributed by atoms with Gasteiger partial charge >= 0.3 is 0 Å². The molecule has 0 bridgehead atoms. The number of carbonyl (C=O) groups excluding carboxylic acids is 2. The first-order chi connectivity index (χ1) is 9.58. The second-order valence-corrected chi connectivity index (χ2v) is 4.46. The topological polar surface area (TPSA) is 84.2 Å². The van der Waals surface area contributed by atoms with Crippen LogP contribution in [0.15, 0.2) is 36.9 Å². The molecule has 0 saturated heterocycles. The predicted octanol–water partition coefficient (Wildman–Crippen LogP) is 1.67. The number of amides is 2. The quantitative estimate of drug-likeness (QED) is 0.662. The van der Waals surface area contributed by atoms with Crippen LogP contribution in [-0.2, 0) is 4.79 Å². The smallest absolute Gasteiger partial charge is 0.251 e. The van der Waals surface area contributed by atoms with E-state index in [4.69, 9.17) is 5.73 Å². The van der Waals surface area contributed by atoms with Crippen molar-refractivity contribution in [2.24, 2.45) is 5.73 Å². The zero-order chi connectivity index (χ0) is 15.0. The van der Waals surface area contributed by atoms with E-state index >= 15 is 0 Å². The van der Waals surface area contributed by atoms with Crippen LogP contribution in [0.3, 0.4) is 0 Å². The second-order valence-electron chi connectivity index (χ2n) is 4.46. The molecule has 4 N–H and O–H groups in total. The number of anilines is 1. The van der Waals surface area contributed by atoms with Crippen LogP contribution < -0.4 is 16.4 Å². The van der Waals surface area contributed by atoms with Gasteiger partial charge in [0, 0.05) is 17.8 Å². The van der Waals surface area contributed by atoms with Gasteiger partial charge in [-0.2, -0.15) is 0 Å². The molecule has 0 heterocycles. The van der Waals surface area contributed by atoms with E-state index in [1.807, 2.05) is 6.92 Å². The van der Waals surface area contributed by atoms with Crippen molar-refractivity contribution in [2.75, 3.05) is 11.9 Å². The van der Waals surface area contributed by atoms with Gasteiger partial charge in [0.2, 0.25) is 5.91 Å². The summed E-state index contributed by atoms with van der Waals surface area (Å²) in [7, 11) is 0. The first-order valence-corrected chi connectivity index (χ1v) is 6.64. The molecule has 0 spiro atoms. The van der Waals surface area contributed by atoms with Crippen LogP contribution in [0.1, 0.15) is 30.1 Å². The minimum absolute atomic E-state index is 0.154. The van der Waals surface area contributed by atoms with Gasteiger partial charge in [-0.25, -0.2) is 0 Å². The lowest BCUT2D eigenvalue weighted by Gasteiger charge is -2.11. The first-order valence-electron chi connectivity index (χ1n) is 6.64. The second kappa shape index (κ2) is 8.12. The van der Waals surface area contributed by atoms with Gasteiger partial charge < -0.3 is 16.4 Å². The molecular weight excluding hydrogens is 254 g/mol. The fraction of sp³-hybridized carbons (Fsp3) is 0.333. The van der Waals surface area contributed by atoms with Gasteiger partial charge in [-0.15, -0.1) is 6.58 Å². The Labute approximate surface area is 119 Å². The third kappa shape index (κ3) is 4.85. The summed E-state index contributed by atoms with van der Waals surface area (Å²) in [6.45, 7) is 6.15. The lowest BCUT2D eigenvalue weighted by atomic mass is 10.1. The Morgan fingerprint density at radius 1 is 1.45 bits per heavy atom. The Morgan fingerprint density at radius 2 is 2.20 bits per heavy atom. The fourth-order valence-electron chi connectivity index (χ4n) is 1.60. The molecule has 108 valence electrons. The highest BCUT2D eigenvalue weighted by molar-refractivity contribution is 5.98. The lowest BCUT2D eigenvalue weighted by Crippen LogP contribution is -2.35. The molecule has 1 aromatic rings. The van der Waals surface area contributed by atoms with Crippen LogP contribution in [0.4, 0.5) is 5.69 Å². The van der Waals surface area contributed by atoms with Crippen LogP contribution in [-0.4, -0.2) is 24.4 Å². The van der Waals surface area contributed by atoms with Gasteiger partial charge in [0.25, 0.3) is 5.91 Å². The maximum atomic E-state index is 11.8. The zero-order valence-electron chi connectivity index (χ0n) is 11.7. The van der Waals surface area contributed by atoms with Crippen molar-refractivity contribution in [3.63, 3.8) is 0 Å². The molecule has 0 aromatic heterocycles. The SMILES string of the molecule is C=CCC(N)C(=O)Nc1cccc(C(=O)NCCC)c1. The number of carbonyl (C=O) groups is 2. The highest BCUT2D eigenvalue weighted by Crippen LogP contribution is 2.11. The Morgan fingerprint density at radius 3 is 2.85 bits per heavy atom. The molecule has 20 heavy (non-hydrogen) atoms. The van der Waals surface area contributed by atoms with E-state index < -0.39 is 6.04 Å². The van der Waals surface area contributed by atoms with E-state index in [1.54, 1.807) is 30.3 Å². The summed E-state index contributed by atoms with van der Waals surface area (Å²) in [6, 6.07) is 6.13. The third-order valence-electron chi connectivity index (χ3n) is 2.69. The van der Waals surface area contributed by atoms with Crippen molar-refractivity contribution >= 4 is 17.5 Å². The molecule has 0 saturated carbocycles. The standard InChI is InChI=1S/C15H21N3O2/c1-3-6-13(16)15(20)18-12-8-5-7-11(10-12)14(19)17-9-4-2/h3,5,7-8,10,13H,1,4,6,9,16H2,2H3,(H,17,19)(H,18,20). The molecule has 1 atom stereocenters. The average Bonchev–Trinajstić information content (AvgIpc) is 2.45. The van der Waals surface area contributed by atoms with Crippen LogP contribution in [0.2, 0.25) is 0 Å². The van der Waals surface area contributed by atoms with Crippen molar-refractivity contribution in [2.45, 2.75) is 25.8 Å². The van der Waals surface area contributed by atoms with Gasteiger partial charge in [0.05, 0.1) is 6.04 Å². The van der Waals surface area contributed by atoms with Gasteiger partial charge in [-0.05, 0) is 31.0 Å². The van der Waals surface area contributed by atoms with E-state index in [2.05, 4.69) is 17.2 Å². The van der Waals surface area contributed by atoms with Crippen molar-refractivity contribution in [3.05, 3.63) is 42.5 Å². The lowest BCUT2D eigenvalue weighted by molar-refractivity contribution is -0.117. The normalized spacial score (nSPS) is 11.5. The van der Waals surface area contributed by atoms with Crippen molar-refractivity contribution in [1.82, 2.24) is 5.32 Å². The number of hydrogen-bond donors (Lipinski definition) is 3. The Kier molecular flexibility index (Phi) is 6.46. The molecule has 1 aromatic carbocycles. The van der Waals surface area contributed by atoms with Crippen LogP contribution in [0, 0.1) is 0 Å². The van der Waals surface area contributed by atoms with Gasteiger partial charge in [-0.1, -0.05) is 19.1 Å². The fourth-order valence-corrected chi connectivity index (χ4v) is 1.60. The van der Waals surface area contributed by atoms with Crippen LogP contribution >= 0.6 is 0 Å². The average molecular weight is 275 g/mol. The highest BCUT2D eigenvalue weighted by atomic mass is 16.2. The molecule has 0 aliphatic heterocycles. The molecule has 5 nitrogen and oxygen atoms in total. The molecule has 1 rings (SSSR count). The number of nitrogens with one attached hydrogen (secondary N) is 2. The molecule has 0 aliphatic carbocycles. The van der Waals surface area contributed by atoms with E-state index in [1.165, 1.54) is 0 Å². The predicted molar refractivity (Wildman–Crippen MR) is 80.5 cm³/mol. The molecule has 0 aliphatic rings. The summed E-state index contributed by atoms with van der Waals surface area (Å²) in [6.07, 6.45) is 2.87. The number of nitrogens with two attached hydrogens (primary N) is 1. The summed E-state index contributed by atoms with van der Waals surface area (Å²) >= 11 is 0. The van der Waals surface area contributed by atoms with Gasteiger partial charge in [-0.3, -0.25) is 9.59 Å². The zero-order valence-corrected chi connectivity index (χ0v) is 11.7. The minimum Gasteiger partial charge on any atom is -0.352 e. The van der Waals surface area contributed by atoms with E-state index in [0.717, 1.165) is 6.42 Å². The summed E-state index contributed by atoms with van der Waals surface area (Å²) in [5.74, 6) is -0.450. The van der Waals surface area contributed by atoms with E-state index in [9.17, 15) is 9.59 Å². The van der Waals surface area contributed by atoms with E-state index in [-0.39, 0.29) is 11.8 Å². The molecule has 0 fully saturated rings. The first kappa shape index (κ1) is 15.9. The number of hydrogen-bond acceptors (Lipinski definition) is 3. The Bertz CT molecular complexity index is 486. The molecule has 5 heteroatoms. The maximum absolute atomic E-state index is 11.8. The van der Waals surface area contributed by atoms with Crippen molar-refractivity contribution in [1.29, 1.82) is 0 Å². The molecule has 1 unspecified atom stereocenters. The Hall–Kier alpha value is -2.14. The maximum Gasteiger partial charge on any atom is 0.251 e. The van der Waals surface area contributed by atoms with Crippen molar-refractivity contribution in [3.8, 4) is 0 Å². The van der Waals surface area contributed by atoms with Crippen LogP contribution in [0.25, 0.3) is 0 Å². The highest BCUT2D eigenvalue weighted by Gasteiger charge is 2.12. The monoisotopic (exact) mass is 275 g/mol. The Balaban J connectivity index is 2.70. The van der Waals surface area contributed by atoms with Gasteiger partial charge in [0.15, 0.2) is 0 Å². The third-order valence-corrected chi connectivity index (χ3v) is 2.69. The summed E-state index contributed by atoms with van der Waals surface area (Å²) in [5, 5.41) is 5.47. The van der Waals surface area contributed by atoms with E-state index in [0.29, 0.717) is 24.2 Å². The summed E-state index contributed by atoms with van der Waals surface area (Å²) < 4.78 is 0. The minimum atomic E-state index is -0.634. The molecule has 2 amide bonds. The van der Waals surface area contributed by atoms with Crippen LogP contribution in [0.5, 0.6) is 0 Å². The summed E-state index contributed by atoms with van der Waals surface area (Å²) in [4.78, 5) is 23.6. The largest absolute Gasteiger partial charge is 0.352 e.